The molecule has 0 radical (unpaired) electrons. The van der Waals surface area contributed by atoms with Crippen LogP contribution in [-0.2, 0) is 0 Å². The van der Waals surface area contributed by atoms with E-state index in [9.17, 15) is 0 Å². The molecule has 1 rings (SSSR count). The zero-order valence-corrected chi connectivity index (χ0v) is 9.30. The van der Waals surface area contributed by atoms with Crippen molar-refractivity contribution in [1.82, 2.24) is 9.97 Å². The van der Waals surface area contributed by atoms with Crippen LogP contribution in [0.1, 0.15) is 18.3 Å². The summed E-state index contributed by atoms with van der Waals surface area (Å²) in [5.41, 5.74) is 0.779. The molecule has 0 unspecified atom stereocenters. The summed E-state index contributed by atoms with van der Waals surface area (Å²) in [6.07, 6.45) is 3.83. The van der Waals surface area contributed by atoms with Gasteiger partial charge in [0.2, 0.25) is 5.88 Å². The minimum atomic E-state index is 0.452. The van der Waals surface area contributed by atoms with Gasteiger partial charge in [-0.2, -0.15) is 4.98 Å². The van der Waals surface area contributed by atoms with E-state index in [1.807, 2.05) is 26.0 Å². The van der Waals surface area contributed by atoms with Crippen LogP contribution in [0, 0.1) is 13.8 Å². The van der Waals surface area contributed by atoms with Gasteiger partial charge in [0.1, 0.15) is 17.6 Å². The van der Waals surface area contributed by atoms with Crippen molar-refractivity contribution in [3.63, 3.8) is 0 Å². The van der Waals surface area contributed by atoms with Crippen LogP contribution in [0.2, 0.25) is 5.15 Å². The van der Waals surface area contributed by atoms with Crippen LogP contribution in [0.5, 0.6) is 5.88 Å². The van der Waals surface area contributed by atoms with Crippen LogP contribution in [0.25, 0.3) is 0 Å². The summed E-state index contributed by atoms with van der Waals surface area (Å²) in [6, 6.07) is 0. The minimum Gasteiger partial charge on any atom is -0.473 e. The van der Waals surface area contributed by atoms with Gasteiger partial charge in [0.25, 0.3) is 0 Å². The van der Waals surface area contributed by atoms with Crippen LogP contribution in [0.3, 0.4) is 0 Å². The van der Waals surface area contributed by atoms with Gasteiger partial charge in [0, 0.05) is 5.56 Å². The topological polar surface area (TPSA) is 35.0 Å². The van der Waals surface area contributed by atoms with E-state index in [4.69, 9.17) is 16.3 Å². The van der Waals surface area contributed by atoms with E-state index in [1.165, 1.54) is 0 Å². The molecule has 0 saturated heterocycles. The SMILES string of the molecule is CC=CCOc1nc(C)nc(Cl)c1C. The Morgan fingerprint density at radius 3 is 2.71 bits per heavy atom. The largest absolute Gasteiger partial charge is 0.473 e. The fourth-order valence-electron chi connectivity index (χ4n) is 0.934. The molecule has 1 aromatic rings. The summed E-state index contributed by atoms with van der Waals surface area (Å²) >= 11 is 5.88. The Hall–Kier alpha value is -1.09. The summed E-state index contributed by atoms with van der Waals surface area (Å²) in [6.45, 7) is 6.07. The van der Waals surface area contributed by atoms with E-state index in [0.29, 0.717) is 23.5 Å². The fourth-order valence-corrected chi connectivity index (χ4v) is 1.14. The number of nitrogens with zero attached hydrogens (tertiary/aromatic N) is 2. The Morgan fingerprint density at radius 1 is 1.36 bits per heavy atom. The zero-order chi connectivity index (χ0) is 10.6. The molecule has 0 spiro atoms. The monoisotopic (exact) mass is 212 g/mol. The van der Waals surface area contributed by atoms with Gasteiger partial charge >= 0.3 is 0 Å². The number of halogens is 1. The lowest BCUT2D eigenvalue weighted by molar-refractivity contribution is 0.343. The molecule has 1 heterocycles. The summed E-state index contributed by atoms with van der Waals surface area (Å²) in [5.74, 6) is 1.18. The normalized spacial score (nSPS) is 10.9. The second-order valence-corrected chi connectivity index (χ2v) is 3.23. The maximum atomic E-state index is 5.88. The van der Waals surface area contributed by atoms with E-state index in [0.717, 1.165) is 5.56 Å². The van der Waals surface area contributed by atoms with Crippen LogP contribution in [-0.4, -0.2) is 16.6 Å². The highest BCUT2D eigenvalue weighted by molar-refractivity contribution is 6.30. The Labute approximate surface area is 88.8 Å². The van der Waals surface area contributed by atoms with Gasteiger partial charge in [0.15, 0.2) is 0 Å². The quantitative estimate of drug-likeness (QED) is 0.571. The van der Waals surface area contributed by atoms with Crippen molar-refractivity contribution < 1.29 is 4.74 Å². The van der Waals surface area contributed by atoms with Gasteiger partial charge in [-0.3, -0.25) is 0 Å². The molecule has 0 bridgehead atoms. The predicted molar refractivity (Wildman–Crippen MR) is 56.8 cm³/mol. The number of rotatable bonds is 3. The zero-order valence-electron chi connectivity index (χ0n) is 8.54. The maximum absolute atomic E-state index is 5.88. The van der Waals surface area contributed by atoms with E-state index in [1.54, 1.807) is 6.92 Å². The highest BCUT2D eigenvalue weighted by atomic mass is 35.5. The molecule has 0 aromatic carbocycles. The first-order chi connectivity index (χ1) is 6.65. The number of hydrogen-bond donors (Lipinski definition) is 0. The van der Waals surface area contributed by atoms with Crippen molar-refractivity contribution in [3.05, 3.63) is 28.7 Å². The maximum Gasteiger partial charge on any atom is 0.221 e. The van der Waals surface area contributed by atoms with Gasteiger partial charge in [-0.1, -0.05) is 23.8 Å². The average molecular weight is 213 g/mol. The summed E-state index contributed by atoms with van der Waals surface area (Å²) in [5, 5.41) is 0.452. The van der Waals surface area contributed by atoms with Crippen LogP contribution >= 0.6 is 11.6 Å². The third kappa shape index (κ3) is 2.70. The van der Waals surface area contributed by atoms with Crippen molar-refractivity contribution >= 4 is 11.6 Å². The van der Waals surface area contributed by atoms with Gasteiger partial charge < -0.3 is 4.74 Å². The number of hydrogen-bond acceptors (Lipinski definition) is 3. The average Bonchev–Trinajstić information content (AvgIpc) is 2.13. The van der Waals surface area contributed by atoms with Gasteiger partial charge in [-0.15, -0.1) is 0 Å². The first kappa shape index (κ1) is 11.0. The number of allylic oxidation sites excluding steroid dienone is 1. The van der Waals surface area contributed by atoms with Crippen LogP contribution in [0.4, 0.5) is 0 Å². The highest BCUT2D eigenvalue weighted by Crippen LogP contribution is 2.21. The smallest absolute Gasteiger partial charge is 0.221 e. The molecule has 0 N–H and O–H groups in total. The second-order valence-electron chi connectivity index (χ2n) is 2.87. The molecule has 0 aliphatic carbocycles. The van der Waals surface area contributed by atoms with Gasteiger partial charge in [-0.25, -0.2) is 4.98 Å². The molecule has 14 heavy (non-hydrogen) atoms. The standard InChI is InChI=1S/C10H13ClN2O/c1-4-5-6-14-10-7(2)9(11)12-8(3)13-10/h4-5H,6H2,1-3H3. The van der Waals surface area contributed by atoms with Crippen molar-refractivity contribution in [3.8, 4) is 5.88 Å². The van der Waals surface area contributed by atoms with Gasteiger partial charge in [0.05, 0.1) is 0 Å². The van der Waals surface area contributed by atoms with E-state index >= 15 is 0 Å². The summed E-state index contributed by atoms with van der Waals surface area (Å²) in [7, 11) is 0. The molecule has 0 aliphatic heterocycles. The third-order valence-corrected chi connectivity index (χ3v) is 2.07. The third-order valence-electron chi connectivity index (χ3n) is 1.71. The number of aryl methyl sites for hydroxylation is 1. The highest BCUT2D eigenvalue weighted by Gasteiger charge is 2.07. The molecule has 0 saturated carbocycles. The molecular formula is C10H13ClN2O. The van der Waals surface area contributed by atoms with E-state index < -0.39 is 0 Å². The first-order valence-electron chi connectivity index (χ1n) is 4.40. The van der Waals surface area contributed by atoms with Crippen molar-refractivity contribution in [2.45, 2.75) is 20.8 Å². The molecule has 0 atom stereocenters. The molecular weight excluding hydrogens is 200 g/mol. The molecule has 0 fully saturated rings. The van der Waals surface area contributed by atoms with Crippen molar-refractivity contribution in [2.75, 3.05) is 6.61 Å². The molecule has 3 nitrogen and oxygen atoms in total. The fraction of sp³-hybridized carbons (Fsp3) is 0.400. The minimum absolute atomic E-state index is 0.452. The molecule has 0 amide bonds. The van der Waals surface area contributed by atoms with E-state index in [2.05, 4.69) is 9.97 Å². The van der Waals surface area contributed by atoms with E-state index in [-0.39, 0.29) is 0 Å². The molecule has 1 aromatic heterocycles. The lowest BCUT2D eigenvalue weighted by Gasteiger charge is -2.07. The lowest BCUT2D eigenvalue weighted by atomic mass is 10.3. The summed E-state index contributed by atoms with van der Waals surface area (Å²) in [4.78, 5) is 8.17. The Kier molecular flexibility index (Phi) is 3.89. The summed E-state index contributed by atoms with van der Waals surface area (Å²) < 4.78 is 5.42. The number of aromatic nitrogens is 2. The Bertz CT molecular complexity index is 350. The van der Waals surface area contributed by atoms with Crippen molar-refractivity contribution in [1.29, 1.82) is 0 Å². The predicted octanol–water partition coefficient (Wildman–Crippen LogP) is 2.70. The molecule has 4 heteroatoms. The molecule has 0 aliphatic rings. The molecule has 76 valence electrons. The van der Waals surface area contributed by atoms with Crippen molar-refractivity contribution in [2.24, 2.45) is 0 Å². The first-order valence-corrected chi connectivity index (χ1v) is 4.77. The lowest BCUT2D eigenvalue weighted by Crippen LogP contribution is -2.01. The Morgan fingerprint density at radius 2 is 2.07 bits per heavy atom. The second kappa shape index (κ2) is 4.96. The number of ether oxygens (including phenoxy) is 1. The van der Waals surface area contributed by atoms with Crippen LogP contribution < -0.4 is 4.74 Å². The van der Waals surface area contributed by atoms with Crippen LogP contribution in [0.15, 0.2) is 12.2 Å². The van der Waals surface area contributed by atoms with Gasteiger partial charge in [-0.05, 0) is 20.8 Å². The Balaban J connectivity index is 2.85.